The van der Waals surface area contributed by atoms with Gasteiger partial charge in [0.25, 0.3) is 0 Å². The third kappa shape index (κ3) is 10.9. The summed E-state index contributed by atoms with van der Waals surface area (Å²) in [5, 5.41) is 13.4. The fourth-order valence-electron chi connectivity index (χ4n) is 3.68. The van der Waals surface area contributed by atoms with Crippen molar-refractivity contribution >= 4 is 33.6 Å². The van der Waals surface area contributed by atoms with Crippen LogP contribution in [0.1, 0.15) is 55.6 Å². The summed E-state index contributed by atoms with van der Waals surface area (Å²) in [7, 11) is -4.14. The van der Waals surface area contributed by atoms with Gasteiger partial charge < -0.3 is 25.7 Å². The second-order valence-electron chi connectivity index (χ2n) is 9.90. The molecule has 3 rings (SSSR count). The molecule has 0 saturated heterocycles. The highest BCUT2D eigenvalue weighted by atomic mass is 32.2. The average Bonchev–Trinajstić information content (AvgIpc) is 3.32. The quantitative estimate of drug-likeness (QED) is 0.258. The molecule has 0 fully saturated rings. The standard InChI is InChI=1S/C27H34N4O6S2.H3N/c1-5-20-17-38-25(29-20)23(16-19-11-13-21(14-12-19)37-39(28,34)35)30-24(32)22(15-18-9-7-6-8-10-18)31-26(33)36-27(2,3)4;/h6-14,17,22-23H,5,15-16H2,1-4H3,(H,30,32)(H,31,33)(H2,28,34,35);1H3. The molecule has 1 heterocycles. The van der Waals surface area contributed by atoms with Gasteiger partial charge in [-0.2, -0.15) is 13.6 Å². The summed E-state index contributed by atoms with van der Waals surface area (Å²) in [6.07, 6.45) is 0.676. The second-order valence-corrected chi connectivity index (χ2v) is 11.9. The van der Waals surface area contributed by atoms with E-state index in [0.717, 1.165) is 23.2 Å². The predicted octanol–water partition coefficient (Wildman–Crippen LogP) is 3.99. The van der Waals surface area contributed by atoms with Crippen molar-refractivity contribution < 1.29 is 26.9 Å². The molecule has 0 radical (unpaired) electrons. The Morgan fingerprint density at radius 2 is 1.62 bits per heavy atom. The number of aromatic nitrogens is 1. The lowest BCUT2D eigenvalue weighted by molar-refractivity contribution is -0.124. The number of nitrogens with two attached hydrogens (primary N) is 1. The molecule has 3 aromatic rings. The van der Waals surface area contributed by atoms with E-state index in [2.05, 4.69) is 15.6 Å². The number of hydrogen-bond acceptors (Lipinski definition) is 9. The van der Waals surface area contributed by atoms with Crippen molar-refractivity contribution in [3.8, 4) is 5.75 Å². The third-order valence-electron chi connectivity index (χ3n) is 5.41. The lowest BCUT2D eigenvalue weighted by Crippen LogP contribution is -2.50. The molecule has 40 heavy (non-hydrogen) atoms. The zero-order valence-corrected chi connectivity index (χ0v) is 24.7. The van der Waals surface area contributed by atoms with Crippen molar-refractivity contribution in [2.75, 3.05) is 0 Å². The largest absolute Gasteiger partial charge is 0.444 e. The molecule has 0 spiro atoms. The smallest absolute Gasteiger partial charge is 0.408 e. The zero-order chi connectivity index (χ0) is 28.6. The number of nitrogens with zero attached hydrogens (tertiary/aromatic N) is 1. The Hall–Kier alpha value is -3.52. The molecular weight excluding hydrogens is 554 g/mol. The Morgan fingerprint density at radius 3 is 2.17 bits per heavy atom. The SMILES string of the molecule is CCc1csc(C(Cc2ccc(OS(N)(=O)=O)cc2)NC(=O)C(Cc2ccccc2)NC(=O)OC(C)(C)C)n1.N. The molecule has 2 unspecified atom stereocenters. The van der Waals surface area contributed by atoms with E-state index in [0.29, 0.717) is 11.4 Å². The van der Waals surface area contributed by atoms with Crippen LogP contribution in [-0.2, 0) is 39.1 Å². The van der Waals surface area contributed by atoms with Crippen molar-refractivity contribution in [1.29, 1.82) is 0 Å². The number of carbonyl (C=O) groups excluding carboxylic acids is 2. The molecule has 11 nitrogen and oxygen atoms in total. The van der Waals surface area contributed by atoms with Gasteiger partial charge in [0.2, 0.25) is 5.91 Å². The Balaban J connectivity index is 0.00000560. The molecule has 2 aromatic carbocycles. The number of benzene rings is 2. The summed E-state index contributed by atoms with van der Waals surface area (Å²) in [6.45, 7) is 7.25. The Kier molecular flexibility index (Phi) is 11.6. The first-order valence-corrected chi connectivity index (χ1v) is 14.8. The fraction of sp³-hybridized carbons (Fsp3) is 0.370. The van der Waals surface area contributed by atoms with E-state index >= 15 is 0 Å². The average molecular weight is 592 g/mol. The van der Waals surface area contributed by atoms with E-state index in [4.69, 9.17) is 14.1 Å². The van der Waals surface area contributed by atoms with Crippen LogP contribution < -0.4 is 26.1 Å². The normalized spacial score (nSPS) is 12.9. The lowest BCUT2D eigenvalue weighted by Gasteiger charge is -2.25. The van der Waals surface area contributed by atoms with Gasteiger partial charge >= 0.3 is 16.4 Å². The number of thiazole rings is 1. The first kappa shape index (κ1) is 32.7. The summed E-state index contributed by atoms with van der Waals surface area (Å²) in [6, 6.07) is 14.3. The summed E-state index contributed by atoms with van der Waals surface area (Å²) in [5.74, 6) is -0.314. The number of amides is 2. The van der Waals surface area contributed by atoms with Crippen LogP contribution in [-0.4, -0.2) is 37.0 Å². The van der Waals surface area contributed by atoms with Gasteiger partial charge in [0, 0.05) is 11.8 Å². The van der Waals surface area contributed by atoms with E-state index in [1.165, 1.54) is 23.5 Å². The first-order chi connectivity index (χ1) is 18.3. The third-order valence-corrected chi connectivity index (χ3v) is 6.84. The maximum Gasteiger partial charge on any atom is 0.408 e. The first-order valence-electron chi connectivity index (χ1n) is 12.4. The summed E-state index contributed by atoms with van der Waals surface area (Å²) >= 11 is 1.43. The highest BCUT2D eigenvalue weighted by Crippen LogP contribution is 2.24. The van der Waals surface area contributed by atoms with Crippen LogP contribution in [0.15, 0.2) is 60.0 Å². The minimum Gasteiger partial charge on any atom is -0.444 e. The minimum atomic E-state index is -4.14. The van der Waals surface area contributed by atoms with Crippen molar-refractivity contribution in [3.63, 3.8) is 0 Å². The van der Waals surface area contributed by atoms with Gasteiger partial charge in [0.1, 0.15) is 22.4 Å². The summed E-state index contributed by atoms with van der Waals surface area (Å²) in [4.78, 5) is 30.9. The number of ether oxygens (including phenoxy) is 1. The second kappa shape index (κ2) is 14.2. The molecule has 2 amide bonds. The Morgan fingerprint density at radius 1 is 1.00 bits per heavy atom. The van der Waals surface area contributed by atoms with Crippen LogP contribution in [0.4, 0.5) is 4.79 Å². The zero-order valence-electron chi connectivity index (χ0n) is 23.0. The van der Waals surface area contributed by atoms with Crippen LogP contribution in [0.2, 0.25) is 0 Å². The van der Waals surface area contributed by atoms with Crippen LogP contribution in [0.25, 0.3) is 0 Å². The maximum atomic E-state index is 13.6. The van der Waals surface area contributed by atoms with Crippen LogP contribution >= 0.6 is 11.3 Å². The van der Waals surface area contributed by atoms with Gasteiger partial charge in [0.05, 0.1) is 11.7 Å². The molecule has 0 bridgehead atoms. The number of aryl methyl sites for hydroxylation is 1. The highest BCUT2D eigenvalue weighted by Gasteiger charge is 2.28. The van der Waals surface area contributed by atoms with E-state index < -0.39 is 40.0 Å². The molecule has 13 heteroatoms. The molecule has 2 atom stereocenters. The summed E-state index contributed by atoms with van der Waals surface area (Å²) in [5.41, 5.74) is 1.85. The van der Waals surface area contributed by atoms with Gasteiger partial charge in [-0.05, 0) is 56.9 Å². The fourth-order valence-corrected chi connectivity index (χ4v) is 5.01. The molecule has 1 aromatic heterocycles. The highest BCUT2D eigenvalue weighted by molar-refractivity contribution is 7.84. The van der Waals surface area contributed by atoms with E-state index in [1.807, 2.05) is 42.6 Å². The van der Waals surface area contributed by atoms with Crippen LogP contribution in [0, 0.1) is 0 Å². The minimum absolute atomic E-state index is 0. The molecule has 0 saturated carbocycles. The molecule has 0 aliphatic heterocycles. The van der Waals surface area contributed by atoms with Crippen molar-refractivity contribution in [2.45, 2.75) is 64.6 Å². The summed E-state index contributed by atoms with van der Waals surface area (Å²) < 4.78 is 32.5. The molecule has 0 aliphatic rings. The van der Waals surface area contributed by atoms with Crippen molar-refractivity contribution in [1.82, 2.24) is 21.8 Å². The van der Waals surface area contributed by atoms with Gasteiger partial charge in [-0.15, -0.1) is 11.3 Å². The number of nitrogens with one attached hydrogen (secondary N) is 2. The molecular formula is C27H37N5O6S2. The molecule has 0 aliphatic carbocycles. The number of rotatable bonds is 11. The van der Waals surface area contributed by atoms with E-state index in [1.54, 1.807) is 32.9 Å². The Bertz CT molecular complexity index is 1360. The predicted molar refractivity (Wildman–Crippen MR) is 155 cm³/mol. The van der Waals surface area contributed by atoms with Gasteiger partial charge in [-0.25, -0.2) is 9.78 Å². The van der Waals surface area contributed by atoms with Gasteiger partial charge in [-0.3, -0.25) is 4.79 Å². The van der Waals surface area contributed by atoms with Gasteiger partial charge in [0.15, 0.2) is 0 Å². The van der Waals surface area contributed by atoms with Crippen LogP contribution in [0.3, 0.4) is 0 Å². The number of carbonyl (C=O) groups is 2. The maximum absolute atomic E-state index is 13.6. The van der Waals surface area contributed by atoms with Gasteiger partial charge in [-0.1, -0.05) is 49.4 Å². The van der Waals surface area contributed by atoms with Crippen molar-refractivity contribution in [3.05, 3.63) is 81.8 Å². The van der Waals surface area contributed by atoms with E-state index in [9.17, 15) is 18.0 Å². The molecule has 7 N–H and O–H groups in total. The van der Waals surface area contributed by atoms with E-state index in [-0.39, 0.29) is 18.3 Å². The topological polar surface area (TPSA) is 185 Å². The lowest BCUT2D eigenvalue weighted by atomic mass is 10.0. The Labute approximate surface area is 239 Å². The number of hydrogen-bond donors (Lipinski definition) is 4. The molecule has 218 valence electrons. The monoisotopic (exact) mass is 591 g/mol. The van der Waals surface area contributed by atoms with Crippen molar-refractivity contribution in [2.24, 2.45) is 5.14 Å². The number of alkyl carbamates (subject to hydrolysis) is 1. The van der Waals surface area contributed by atoms with Crippen LogP contribution in [0.5, 0.6) is 5.75 Å².